The van der Waals surface area contributed by atoms with Crippen molar-refractivity contribution in [3.8, 4) is 0 Å². The Balaban J connectivity index is 2.25. The third kappa shape index (κ3) is 6.64. The van der Waals surface area contributed by atoms with E-state index in [1.165, 1.54) is 19.3 Å². The average molecular weight is 265 g/mol. The fourth-order valence-electron chi connectivity index (χ4n) is 1.59. The zero-order chi connectivity index (χ0) is 13.9. The molecule has 0 fully saturated rings. The second kappa shape index (κ2) is 9.18. The first kappa shape index (κ1) is 15.3. The van der Waals surface area contributed by atoms with Gasteiger partial charge in [0.15, 0.2) is 0 Å². The number of hydrogen-bond acceptors (Lipinski definition) is 7. The molecule has 1 aromatic rings. The van der Waals surface area contributed by atoms with Gasteiger partial charge in [0, 0.05) is 12.8 Å². The molecule has 7 heteroatoms. The number of nitrogens with one attached hydrogen (secondary N) is 2. The van der Waals surface area contributed by atoms with Crippen LogP contribution in [-0.2, 0) is 0 Å². The number of hydrogen-bond donors (Lipinski definition) is 2. The van der Waals surface area contributed by atoms with Crippen molar-refractivity contribution in [2.45, 2.75) is 46.5 Å². The number of anilines is 2. The molecule has 2 N–H and O–H groups in total. The molecule has 0 spiro atoms. The molecule has 0 aliphatic carbocycles. The van der Waals surface area contributed by atoms with E-state index in [1.54, 1.807) is 13.1 Å². The molecular weight excluding hydrogens is 242 g/mol. The molecule has 1 aromatic heterocycles. The standard InChI is InChI=1S/C12H23N7/c1-4-6-7-10(3)8-9-13-11-16-18-12(19-17-11)15-14-5-2/h5,10H,4,6-9H2,1-3H3,(H,13,16,17)(H,15,18,19)/b14-5-. The van der Waals surface area contributed by atoms with Crippen molar-refractivity contribution < 1.29 is 0 Å². The zero-order valence-corrected chi connectivity index (χ0v) is 11.9. The Morgan fingerprint density at radius 2 is 1.84 bits per heavy atom. The Hall–Kier alpha value is -1.79. The number of unbranched alkanes of at least 4 members (excludes halogenated alkanes) is 1. The van der Waals surface area contributed by atoms with Gasteiger partial charge in [0.05, 0.1) is 0 Å². The van der Waals surface area contributed by atoms with Crippen LogP contribution in [0.15, 0.2) is 5.10 Å². The van der Waals surface area contributed by atoms with Crippen molar-refractivity contribution in [2.24, 2.45) is 11.0 Å². The van der Waals surface area contributed by atoms with Gasteiger partial charge in [-0.3, -0.25) is 0 Å². The molecule has 0 amide bonds. The Bertz CT molecular complexity index is 363. The second-order valence-electron chi connectivity index (χ2n) is 4.51. The minimum absolute atomic E-state index is 0.292. The molecule has 0 saturated carbocycles. The van der Waals surface area contributed by atoms with Crippen LogP contribution in [-0.4, -0.2) is 33.2 Å². The summed E-state index contributed by atoms with van der Waals surface area (Å²) in [5, 5.41) is 22.5. The van der Waals surface area contributed by atoms with E-state index in [0.29, 0.717) is 17.8 Å². The Kier molecular flexibility index (Phi) is 7.38. The Morgan fingerprint density at radius 1 is 1.16 bits per heavy atom. The maximum atomic E-state index is 3.92. The lowest BCUT2D eigenvalue weighted by atomic mass is 10.0. The number of hydrazone groups is 1. The quantitative estimate of drug-likeness (QED) is 0.526. The fourth-order valence-corrected chi connectivity index (χ4v) is 1.59. The van der Waals surface area contributed by atoms with Crippen LogP contribution >= 0.6 is 0 Å². The van der Waals surface area contributed by atoms with Crippen LogP contribution in [0, 0.1) is 5.92 Å². The molecule has 7 nitrogen and oxygen atoms in total. The molecular formula is C12H23N7. The highest BCUT2D eigenvalue weighted by molar-refractivity contribution is 5.54. The van der Waals surface area contributed by atoms with Gasteiger partial charge >= 0.3 is 0 Å². The van der Waals surface area contributed by atoms with E-state index in [9.17, 15) is 0 Å². The molecule has 106 valence electrons. The highest BCUT2D eigenvalue weighted by Crippen LogP contribution is 2.11. The predicted octanol–water partition coefficient (Wildman–Crippen LogP) is 2.31. The first-order chi connectivity index (χ1) is 9.26. The monoisotopic (exact) mass is 265 g/mol. The van der Waals surface area contributed by atoms with E-state index >= 15 is 0 Å². The Labute approximate surface area is 114 Å². The highest BCUT2D eigenvalue weighted by Gasteiger charge is 2.03. The summed E-state index contributed by atoms with van der Waals surface area (Å²) in [6.45, 7) is 7.12. The van der Waals surface area contributed by atoms with Crippen molar-refractivity contribution in [3.05, 3.63) is 0 Å². The van der Waals surface area contributed by atoms with E-state index in [-0.39, 0.29) is 0 Å². The normalized spacial score (nSPS) is 12.6. The first-order valence-electron chi connectivity index (χ1n) is 6.81. The summed E-state index contributed by atoms with van der Waals surface area (Å²) in [7, 11) is 0. The molecule has 1 heterocycles. The molecule has 0 aromatic carbocycles. The molecule has 1 atom stereocenters. The van der Waals surface area contributed by atoms with Crippen LogP contribution < -0.4 is 10.7 Å². The highest BCUT2D eigenvalue weighted by atomic mass is 15.4. The number of nitrogens with zero attached hydrogens (tertiary/aromatic N) is 5. The van der Waals surface area contributed by atoms with Crippen molar-refractivity contribution in [1.82, 2.24) is 20.4 Å². The molecule has 19 heavy (non-hydrogen) atoms. The maximum absolute atomic E-state index is 3.92. The van der Waals surface area contributed by atoms with Gasteiger partial charge in [0.1, 0.15) is 0 Å². The van der Waals surface area contributed by atoms with E-state index < -0.39 is 0 Å². The van der Waals surface area contributed by atoms with E-state index in [4.69, 9.17) is 0 Å². The summed E-state index contributed by atoms with van der Waals surface area (Å²) in [5.74, 6) is 1.46. The van der Waals surface area contributed by atoms with Gasteiger partial charge in [-0.2, -0.15) is 5.10 Å². The van der Waals surface area contributed by atoms with Gasteiger partial charge in [-0.15, -0.1) is 20.4 Å². The average Bonchev–Trinajstić information content (AvgIpc) is 2.44. The molecule has 0 radical (unpaired) electrons. The molecule has 1 unspecified atom stereocenters. The third-order valence-electron chi connectivity index (χ3n) is 2.74. The topological polar surface area (TPSA) is 88.0 Å². The molecule has 1 rings (SSSR count). The number of aromatic nitrogens is 4. The van der Waals surface area contributed by atoms with Gasteiger partial charge in [-0.1, -0.05) is 33.1 Å². The first-order valence-corrected chi connectivity index (χ1v) is 6.81. The fraction of sp³-hybridized carbons (Fsp3) is 0.750. The van der Waals surface area contributed by atoms with Crippen molar-refractivity contribution in [2.75, 3.05) is 17.3 Å². The van der Waals surface area contributed by atoms with Crippen molar-refractivity contribution in [3.63, 3.8) is 0 Å². The molecule has 0 aliphatic heterocycles. The summed E-state index contributed by atoms with van der Waals surface area (Å²) in [6.07, 6.45) is 6.52. The lowest BCUT2D eigenvalue weighted by Gasteiger charge is -2.10. The summed E-state index contributed by atoms with van der Waals surface area (Å²) in [4.78, 5) is 0. The van der Waals surface area contributed by atoms with E-state index in [0.717, 1.165) is 13.0 Å². The van der Waals surface area contributed by atoms with Crippen LogP contribution in [0.1, 0.15) is 46.5 Å². The number of rotatable bonds is 9. The van der Waals surface area contributed by atoms with E-state index in [2.05, 4.69) is 50.1 Å². The summed E-state index contributed by atoms with van der Waals surface area (Å²) < 4.78 is 0. The molecule has 0 aliphatic rings. The summed E-state index contributed by atoms with van der Waals surface area (Å²) in [5.41, 5.74) is 2.61. The van der Waals surface area contributed by atoms with Crippen LogP contribution in [0.25, 0.3) is 0 Å². The van der Waals surface area contributed by atoms with E-state index in [1.807, 2.05) is 0 Å². The largest absolute Gasteiger partial charge is 0.352 e. The summed E-state index contributed by atoms with van der Waals surface area (Å²) in [6, 6.07) is 0. The van der Waals surface area contributed by atoms with Gasteiger partial charge in [0.2, 0.25) is 0 Å². The van der Waals surface area contributed by atoms with Crippen LogP contribution in [0.5, 0.6) is 0 Å². The molecule has 0 saturated heterocycles. The summed E-state index contributed by atoms with van der Waals surface area (Å²) >= 11 is 0. The van der Waals surface area contributed by atoms with Gasteiger partial charge < -0.3 is 5.32 Å². The van der Waals surface area contributed by atoms with Crippen molar-refractivity contribution >= 4 is 18.1 Å². The van der Waals surface area contributed by atoms with Gasteiger partial charge in [-0.05, 0) is 19.3 Å². The lowest BCUT2D eigenvalue weighted by molar-refractivity contribution is 0.482. The van der Waals surface area contributed by atoms with Crippen LogP contribution in [0.2, 0.25) is 0 Å². The predicted molar refractivity (Wildman–Crippen MR) is 77.2 cm³/mol. The van der Waals surface area contributed by atoms with Crippen molar-refractivity contribution in [1.29, 1.82) is 0 Å². The molecule has 0 bridgehead atoms. The van der Waals surface area contributed by atoms with Crippen LogP contribution in [0.3, 0.4) is 0 Å². The Morgan fingerprint density at radius 3 is 2.47 bits per heavy atom. The second-order valence-corrected chi connectivity index (χ2v) is 4.51. The van der Waals surface area contributed by atoms with Gasteiger partial charge in [0.25, 0.3) is 11.9 Å². The van der Waals surface area contributed by atoms with Crippen LogP contribution in [0.4, 0.5) is 11.9 Å². The van der Waals surface area contributed by atoms with Gasteiger partial charge in [-0.25, -0.2) is 5.43 Å². The lowest BCUT2D eigenvalue weighted by Crippen LogP contribution is -2.11. The smallest absolute Gasteiger partial charge is 0.282 e. The maximum Gasteiger partial charge on any atom is 0.282 e. The SMILES string of the molecule is C/C=N\Nc1nnc(NCCC(C)CCCC)nn1. The minimum Gasteiger partial charge on any atom is -0.352 e. The zero-order valence-electron chi connectivity index (χ0n) is 11.9. The third-order valence-corrected chi connectivity index (χ3v) is 2.74. The minimum atomic E-state index is 0.292.